The summed E-state index contributed by atoms with van der Waals surface area (Å²) >= 11 is 0. The Balaban J connectivity index is 1.61. The van der Waals surface area contributed by atoms with Crippen LogP contribution in [0.4, 0.5) is 0 Å². The van der Waals surface area contributed by atoms with Crippen molar-refractivity contribution < 1.29 is 9.59 Å². The number of aromatic nitrogens is 1. The van der Waals surface area contributed by atoms with Gasteiger partial charge in [0.2, 0.25) is 5.91 Å². The van der Waals surface area contributed by atoms with Gasteiger partial charge in [0.1, 0.15) is 0 Å². The molecule has 3 aromatic rings. The number of pyridine rings is 1. The van der Waals surface area contributed by atoms with E-state index in [0.29, 0.717) is 31.5 Å². The van der Waals surface area contributed by atoms with E-state index in [1.165, 1.54) is 5.56 Å². The SMILES string of the molecule is Cc1ccc(-c2cccc(C[C@@]3(C(=O)NC(C)C)CCN(C(=O)c4ccncc4)C3)c2)cc1. The minimum absolute atomic E-state index is 0.0169. The highest BCUT2D eigenvalue weighted by Crippen LogP contribution is 2.36. The van der Waals surface area contributed by atoms with Gasteiger partial charge in [-0.2, -0.15) is 0 Å². The molecule has 1 saturated heterocycles. The topological polar surface area (TPSA) is 62.3 Å². The molecular formula is C28H31N3O2. The largest absolute Gasteiger partial charge is 0.353 e. The van der Waals surface area contributed by atoms with Crippen molar-refractivity contribution in [2.45, 2.75) is 39.7 Å². The van der Waals surface area contributed by atoms with Crippen molar-refractivity contribution >= 4 is 11.8 Å². The number of hydrogen-bond donors (Lipinski definition) is 1. The molecule has 1 aliphatic heterocycles. The van der Waals surface area contributed by atoms with Gasteiger partial charge in [-0.1, -0.05) is 54.1 Å². The highest BCUT2D eigenvalue weighted by molar-refractivity contribution is 5.95. The van der Waals surface area contributed by atoms with Crippen LogP contribution in [0.5, 0.6) is 0 Å². The van der Waals surface area contributed by atoms with Crippen molar-refractivity contribution in [2.75, 3.05) is 13.1 Å². The molecule has 5 heteroatoms. The average molecular weight is 442 g/mol. The van der Waals surface area contributed by atoms with E-state index in [1.807, 2.05) is 19.9 Å². The van der Waals surface area contributed by atoms with Crippen LogP contribution in [0.2, 0.25) is 0 Å². The van der Waals surface area contributed by atoms with Crippen molar-refractivity contribution in [2.24, 2.45) is 5.41 Å². The molecule has 0 spiro atoms. The number of amides is 2. The second-order valence-electron chi connectivity index (χ2n) is 9.36. The number of aryl methyl sites for hydroxylation is 1. The summed E-state index contributed by atoms with van der Waals surface area (Å²) in [6.45, 7) is 6.99. The number of likely N-dealkylation sites (tertiary alicyclic amines) is 1. The lowest BCUT2D eigenvalue weighted by molar-refractivity contribution is -0.130. The molecule has 170 valence electrons. The third kappa shape index (κ3) is 5.14. The molecule has 0 bridgehead atoms. The summed E-state index contributed by atoms with van der Waals surface area (Å²) in [4.78, 5) is 32.3. The molecule has 1 aliphatic rings. The van der Waals surface area contributed by atoms with Crippen LogP contribution in [0, 0.1) is 12.3 Å². The lowest BCUT2D eigenvalue weighted by Gasteiger charge is -2.29. The number of hydrogen-bond acceptors (Lipinski definition) is 3. The molecule has 2 amide bonds. The second-order valence-corrected chi connectivity index (χ2v) is 9.36. The van der Waals surface area contributed by atoms with Crippen LogP contribution in [-0.2, 0) is 11.2 Å². The number of carbonyl (C=O) groups is 2. The van der Waals surface area contributed by atoms with Crippen molar-refractivity contribution in [3.8, 4) is 11.1 Å². The lowest BCUT2D eigenvalue weighted by Crippen LogP contribution is -2.47. The number of nitrogens with one attached hydrogen (secondary N) is 1. The molecule has 1 fully saturated rings. The molecule has 1 aromatic heterocycles. The predicted octanol–water partition coefficient (Wildman–Crippen LogP) is 4.66. The molecule has 0 unspecified atom stereocenters. The summed E-state index contributed by atoms with van der Waals surface area (Å²) in [7, 11) is 0. The summed E-state index contributed by atoms with van der Waals surface area (Å²) in [5.74, 6) is -0.0340. The van der Waals surface area contributed by atoms with E-state index < -0.39 is 5.41 Å². The summed E-state index contributed by atoms with van der Waals surface area (Å²) in [5, 5.41) is 3.11. The highest BCUT2D eigenvalue weighted by atomic mass is 16.2. The van der Waals surface area contributed by atoms with E-state index in [4.69, 9.17) is 0 Å². The first-order valence-corrected chi connectivity index (χ1v) is 11.5. The monoisotopic (exact) mass is 441 g/mol. The Kier molecular flexibility index (Phi) is 6.59. The van der Waals surface area contributed by atoms with E-state index in [1.54, 1.807) is 29.4 Å². The number of benzene rings is 2. The van der Waals surface area contributed by atoms with Gasteiger partial charge in [0.15, 0.2) is 0 Å². The first-order chi connectivity index (χ1) is 15.9. The molecule has 0 saturated carbocycles. The summed E-state index contributed by atoms with van der Waals surface area (Å²) in [6, 6.07) is 20.4. The fourth-order valence-corrected chi connectivity index (χ4v) is 4.55. The molecule has 0 radical (unpaired) electrons. The van der Waals surface area contributed by atoms with Crippen molar-refractivity contribution in [3.63, 3.8) is 0 Å². The standard InChI is InChI=1S/C28H31N3O2/c1-20(2)30-27(33)28(13-16-31(19-28)26(32)24-11-14-29-15-12-24)18-22-5-4-6-25(17-22)23-9-7-21(3)8-10-23/h4-12,14-15,17,20H,13,16,18-19H2,1-3H3,(H,30,33)/t28-/m0/s1. The lowest BCUT2D eigenvalue weighted by atomic mass is 9.79. The quantitative estimate of drug-likeness (QED) is 0.605. The smallest absolute Gasteiger partial charge is 0.253 e. The number of carbonyl (C=O) groups excluding carboxylic acids is 2. The van der Waals surface area contributed by atoms with E-state index in [9.17, 15) is 9.59 Å². The van der Waals surface area contributed by atoms with Crippen LogP contribution in [0.25, 0.3) is 11.1 Å². The second kappa shape index (κ2) is 9.57. The van der Waals surface area contributed by atoms with Crippen LogP contribution in [-0.4, -0.2) is 40.8 Å². The van der Waals surface area contributed by atoms with Crippen LogP contribution in [0.15, 0.2) is 73.1 Å². The van der Waals surface area contributed by atoms with Gasteiger partial charge in [-0.15, -0.1) is 0 Å². The maximum Gasteiger partial charge on any atom is 0.253 e. The zero-order valence-corrected chi connectivity index (χ0v) is 19.5. The number of rotatable bonds is 6. The van der Waals surface area contributed by atoms with E-state index in [2.05, 4.69) is 59.7 Å². The van der Waals surface area contributed by atoms with E-state index in [-0.39, 0.29) is 17.9 Å². The van der Waals surface area contributed by atoms with Crippen molar-refractivity contribution in [3.05, 3.63) is 89.7 Å². The first kappa shape index (κ1) is 22.7. The van der Waals surface area contributed by atoms with Crippen molar-refractivity contribution in [1.82, 2.24) is 15.2 Å². The Bertz CT molecular complexity index is 1130. The Labute approximate surface area is 195 Å². The highest BCUT2D eigenvalue weighted by Gasteiger charge is 2.46. The minimum Gasteiger partial charge on any atom is -0.353 e. The Hall–Kier alpha value is -3.47. The predicted molar refractivity (Wildman–Crippen MR) is 131 cm³/mol. The Morgan fingerprint density at radius 2 is 1.76 bits per heavy atom. The maximum absolute atomic E-state index is 13.4. The van der Waals surface area contributed by atoms with Gasteiger partial charge in [-0.05, 0) is 62.4 Å². The molecule has 4 rings (SSSR count). The molecule has 2 heterocycles. The van der Waals surface area contributed by atoms with E-state index >= 15 is 0 Å². The fraction of sp³-hybridized carbons (Fsp3) is 0.321. The van der Waals surface area contributed by atoms with Gasteiger partial charge in [0.25, 0.3) is 5.91 Å². The van der Waals surface area contributed by atoms with Crippen LogP contribution >= 0.6 is 0 Å². The summed E-state index contributed by atoms with van der Waals surface area (Å²) in [6.07, 6.45) is 4.47. The van der Waals surface area contributed by atoms with Gasteiger partial charge in [0, 0.05) is 37.1 Å². The van der Waals surface area contributed by atoms with Gasteiger partial charge in [0.05, 0.1) is 5.41 Å². The first-order valence-electron chi connectivity index (χ1n) is 11.5. The van der Waals surface area contributed by atoms with E-state index in [0.717, 1.165) is 16.7 Å². The summed E-state index contributed by atoms with van der Waals surface area (Å²) in [5.41, 5.74) is 4.57. The average Bonchev–Trinajstić information content (AvgIpc) is 3.25. The van der Waals surface area contributed by atoms with Crippen LogP contribution < -0.4 is 5.32 Å². The fourth-order valence-electron chi connectivity index (χ4n) is 4.55. The zero-order chi connectivity index (χ0) is 23.4. The third-order valence-electron chi connectivity index (χ3n) is 6.32. The number of nitrogens with zero attached hydrogens (tertiary/aromatic N) is 2. The molecule has 1 atom stereocenters. The van der Waals surface area contributed by atoms with Crippen LogP contribution in [0.1, 0.15) is 41.8 Å². The summed E-state index contributed by atoms with van der Waals surface area (Å²) < 4.78 is 0. The minimum atomic E-state index is -0.654. The van der Waals surface area contributed by atoms with Crippen molar-refractivity contribution in [1.29, 1.82) is 0 Å². The van der Waals surface area contributed by atoms with Gasteiger partial charge < -0.3 is 10.2 Å². The Morgan fingerprint density at radius 3 is 2.45 bits per heavy atom. The van der Waals surface area contributed by atoms with Gasteiger partial charge in [-0.3, -0.25) is 14.6 Å². The molecule has 5 nitrogen and oxygen atoms in total. The third-order valence-corrected chi connectivity index (χ3v) is 6.32. The molecular weight excluding hydrogens is 410 g/mol. The molecule has 33 heavy (non-hydrogen) atoms. The maximum atomic E-state index is 13.4. The molecule has 1 N–H and O–H groups in total. The normalized spacial score (nSPS) is 17.9. The van der Waals surface area contributed by atoms with Gasteiger partial charge >= 0.3 is 0 Å². The molecule has 0 aliphatic carbocycles. The van der Waals surface area contributed by atoms with Gasteiger partial charge in [-0.25, -0.2) is 0 Å². The Morgan fingerprint density at radius 1 is 1.03 bits per heavy atom. The zero-order valence-electron chi connectivity index (χ0n) is 19.5. The van der Waals surface area contributed by atoms with Crippen LogP contribution in [0.3, 0.4) is 0 Å². The molecule has 2 aromatic carbocycles.